The third kappa shape index (κ3) is 12.9. The van der Waals surface area contributed by atoms with Crippen LogP contribution in [-0.2, 0) is 36.7 Å². The molecule has 396 valence electrons. The Morgan fingerprint density at radius 1 is 0.566 bits per heavy atom. The molecule has 0 amide bonds. The van der Waals surface area contributed by atoms with Crippen LogP contribution in [0.5, 0.6) is 11.5 Å². The Hall–Kier alpha value is -7.52. The van der Waals surface area contributed by atoms with Gasteiger partial charge in [0.25, 0.3) is 11.1 Å². The Morgan fingerprint density at radius 2 is 0.974 bits per heavy atom. The molecule has 76 heavy (non-hydrogen) atoms. The minimum absolute atomic E-state index is 0.0559. The largest absolute Gasteiger partial charge is 0.487 e. The van der Waals surface area contributed by atoms with Gasteiger partial charge in [0.2, 0.25) is 0 Å². The number of halogens is 8. The van der Waals surface area contributed by atoms with Crippen molar-refractivity contribution >= 4 is 23.2 Å². The molecule has 6 aromatic heterocycles. The van der Waals surface area contributed by atoms with E-state index in [2.05, 4.69) is 29.9 Å². The highest BCUT2D eigenvalue weighted by atomic mass is 35.5. The van der Waals surface area contributed by atoms with Crippen LogP contribution >= 0.6 is 23.2 Å². The topological polar surface area (TPSA) is 180 Å². The fourth-order valence-corrected chi connectivity index (χ4v) is 7.76. The van der Waals surface area contributed by atoms with Crippen molar-refractivity contribution in [2.75, 3.05) is 0 Å². The normalized spacial score (nSPS) is 12.6. The molecular weight excluding hydrogens is 1040 g/mol. The van der Waals surface area contributed by atoms with Gasteiger partial charge in [-0.15, -0.1) is 0 Å². The third-order valence-corrected chi connectivity index (χ3v) is 12.0. The van der Waals surface area contributed by atoms with Crippen molar-refractivity contribution in [3.05, 3.63) is 197 Å². The number of aliphatic hydroxyl groups is 2. The van der Waals surface area contributed by atoms with Gasteiger partial charge in [0.1, 0.15) is 45.9 Å². The van der Waals surface area contributed by atoms with Gasteiger partial charge in [-0.1, -0.05) is 47.5 Å². The zero-order valence-corrected chi connectivity index (χ0v) is 43.2. The lowest BCUT2D eigenvalue weighted by Crippen LogP contribution is -2.23. The van der Waals surface area contributed by atoms with E-state index in [1.54, 1.807) is 91.9 Å². The number of aryl methyl sites for hydroxylation is 4. The highest BCUT2D eigenvalue weighted by molar-refractivity contribution is 6.32. The minimum Gasteiger partial charge on any atom is -0.487 e. The average molecular weight is 1090 g/mol. The van der Waals surface area contributed by atoms with E-state index >= 15 is 0 Å². The van der Waals surface area contributed by atoms with Gasteiger partial charge in [0.05, 0.1) is 48.0 Å². The Bertz CT molecular complexity index is 3700. The summed E-state index contributed by atoms with van der Waals surface area (Å²) in [6.45, 7) is 10.1. The quantitative estimate of drug-likeness (QED) is 0.111. The summed E-state index contributed by atoms with van der Waals surface area (Å²) in [6, 6.07) is 17.8. The second-order valence-electron chi connectivity index (χ2n) is 18.3. The lowest BCUT2D eigenvalue weighted by atomic mass is 10.1. The van der Waals surface area contributed by atoms with Gasteiger partial charge in [-0.25, -0.2) is 19.9 Å². The monoisotopic (exact) mass is 1090 g/mol. The molecule has 0 aliphatic rings. The lowest BCUT2D eigenvalue weighted by molar-refractivity contribution is -0.138. The van der Waals surface area contributed by atoms with Crippen molar-refractivity contribution < 1.29 is 48.8 Å². The summed E-state index contributed by atoms with van der Waals surface area (Å²) in [4.78, 5) is 52.5. The predicted molar refractivity (Wildman–Crippen MR) is 273 cm³/mol. The lowest BCUT2D eigenvalue weighted by Gasteiger charge is -2.18. The molecule has 0 unspecified atom stereocenters. The Kier molecular flexibility index (Phi) is 15.4. The average Bonchev–Trinajstić information content (AvgIpc) is 3.36. The second-order valence-corrected chi connectivity index (χ2v) is 19.1. The molecule has 0 fully saturated rings. The highest BCUT2D eigenvalue weighted by Gasteiger charge is 2.32. The van der Waals surface area contributed by atoms with Crippen molar-refractivity contribution in [2.45, 2.75) is 92.1 Å². The first kappa shape index (κ1) is 53.3. The molecule has 0 aliphatic heterocycles. The molecule has 0 atom stereocenters. The Balaban J connectivity index is 0.000000226. The molecule has 0 spiro atoms. The maximum absolute atomic E-state index is 13.4. The van der Waals surface area contributed by atoms with Crippen LogP contribution < -0.4 is 20.6 Å². The van der Waals surface area contributed by atoms with Crippen molar-refractivity contribution in [1.82, 2.24) is 39.0 Å². The molecule has 0 bridgehead atoms. The molecule has 0 saturated heterocycles. The smallest absolute Gasteiger partial charge is 0.416 e. The summed E-state index contributed by atoms with van der Waals surface area (Å²) in [7, 11) is 0. The number of ether oxygens (including phenoxy) is 2. The van der Waals surface area contributed by atoms with E-state index in [4.69, 9.17) is 35.4 Å². The molecular formula is C54H48Cl2F6N8O6. The van der Waals surface area contributed by atoms with E-state index in [0.717, 1.165) is 30.3 Å². The first-order chi connectivity index (χ1) is 36.2. The van der Waals surface area contributed by atoms with Gasteiger partial charge < -0.3 is 19.7 Å². The minimum atomic E-state index is -4.68. The first-order valence-corrected chi connectivity index (χ1v) is 23.6. The second kappa shape index (κ2) is 22.0. The summed E-state index contributed by atoms with van der Waals surface area (Å²) < 4.78 is 109. The van der Waals surface area contributed by atoms with Crippen LogP contribution in [0.1, 0.15) is 86.9 Å². The number of pyridine rings is 4. The van der Waals surface area contributed by atoms with Gasteiger partial charge in [0, 0.05) is 48.3 Å². The predicted octanol–water partition coefficient (Wildman–Crippen LogP) is 11.6. The van der Waals surface area contributed by atoms with Gasteiger partial charge in [-0.05, 0) is 126 Å². The SMILES string of the molecule is Cc1cnc(-c2ccnc(C(C)(C)O)n2)cc1-n1c(C)cc(OCc2cccc(C(F)(F)F)c2)c(Cl)c1=O.[2H]C([2H])(Oc1cc(C)n(-c2cc(-c3ccnc(C(C)(C)O)n3)ncc2C)c(=O)c1Cl)c1cccc(C(F)(F)F)c1. The third-order valence-electron chi connectivity index (χ3n) is 11.3. The van der Waals surface area contributed by atoms with Crippen molar-refractivity contribution in [1.29, 1.82) is 0 Å². The number of alkyl halides is 6. The molecule has 0 aliphatic carbocycles. The van der Waals surface area contributed by atoms with Crippen molar-refractivity contribution in [3.8, 4) is 45.6 Å². The summed E-state index contributed by atoms with van der Waals surface area (Å²) in [6.07, 6.45) is -3.03. The van der Waals surface area contributed by atoms with E-state index in [1.807, 2.05) is 0 Å². The Labute approximate surface area is 444 Å². The molecule has 0 saturated carbocycles. The van der Waals surface area contributed by atoms with Gasteiger partial charge in [-0.2, -0.15) is 26.3 Å². The molecule has 2 aromatic carbocycles. The number of nitrogens with zero attached hydrogens (tertiary/aromatic N) is 8. The zero-order chi connectivity index (χ0) is 57.4. The zero-order valence-electron chi connectivity index (χ0n) is 43.7. The molecule has 22 heteroatoms. The maximum Gasteiger partial charge on any atom is 0.416 e. The molecule has 14 nitrogen and oxygen atoms in total. The molecule has 6 heterocycles. The molecule has 0 radical (unpaired) electrons. The van der Waals surface area contributed by atoms with E-state index in [1.165, 1.54) is 45.9 Å². The van der Waals surface area contributed by atoms with E-state index in [0.29, 0.717) is 62.7 Å². The van der Waals surface area contributed by atoms with Crippen LogP contribution in [0.3, 0.4) is 0 Å². The van der Waals surface area contributed by atoms with Gasteiger partial charge in [-0.3, -0.25) is 28.7 Å². The van der Waals surface area contributed by atoms with Crippen LogP contribution in [-0.4, -0.2) is 49.3 Å². The van der Waals surface area contributed by atoms with Crippen LogP contribution in [0.2, 0.25) is 10.0 Å². The fraction of sp³-hybridized carbons (Fsp3) is 0.259. The number of benzene rings is 2. The van der Waals surface area contributed by atoms with E-state index in [-0.39, 0.29) is 40.3 Å². The van der Waals surface area contributed by atoms with E-state index < -0.39 is 62.9 Å². The summed E-state index contributed by atoms with van der Waals surface area (Å²) in [5.74, 6) is 0.125. The Morgan fingerprint density at radius 3 is 1.39 bits per heavy atom. The maximum atomic E-state index is 13.4. The van der Waals surface area contributed by atoms with Crippen molar-refractivity contribution in [2.24, 2.45) is 0 Å². The standard InChI is InChI=1S/2C27H24ClF3N4O3/c2*1-15-13-33-20(19-8-9-32-25(34-19)26(3,4)37)12-21(15)35-16(2)10-22(23(28)24(35)36)38-14-17-6-5-7-18(11-17)27(29,30)31/h2*5-13,37H,14H2,1-4H3/i14D2;. The number of aromatic nitrogens is 8. The van der Waals surface area contributed by atoms with Crippen LogP contribution in [0.15, 0.2) is 119 Å². The molecule has 8 rings (SSSR count). The number of rotatable bonds is 12. The summed E-state index contributed by atoms with van der Waals surface area (Å²) >= 11 is 12.7. The summed E-state index contributed by atoms with van der Waals surface area (Å²) in [5.41, 5.74) is -1.11. The highest BCUT2D eigenvalue weighted by Crippen LogP contribution is 2.34. The summed E-state index contributed by atoms with van der Waals surface area (Å²) in [5, 5.41) is 19.9. The molecule has 2 N–H and O–H groups in total. The molecule has 8 aromatic rings. The first-order valence-electron chi connectivity index (χ1n) is 23.8. The van der Waals surface area contributed by atoms with Gasteiger partial charge in [0.15, 0.2) is 11.6 Å². The van der Waals surface area contributed by atoms with Crippen LogP contribution in [0.4, 0.5) is 26.3 Å². The van der Waals surface area contributed by atoms with E-state index in [9.17, 15) is 46.1 Å². The fourth-order valence-electron chi connectivity index (χ4n) is 7.39. The number of hydrogen-bond donors (Lipinski definition) is 2. The number of hydrogen-bond acceptors (Lipinski definition) is 12. The van der Waals surface area contributed by atoms with Crippen LogP contribution in [0.25, 0.3) is 34.2 Å². The van der Waals surface area contributed by atoms with Crippen molar-refractivity contribution in [3.63, 3.8) is 0 Å². The van der Waals surface area contributed by atoms with Gasteiger partial charge >= 0.3 is 12.4 Å². The van der Waals surface area contributed by atoms with Crippen LogP contribution in [0, 0.1) is 27.7 Å².